The van der Waals surface area contributed by atoms with E-state index < -0.39 is 0 Å². The first-order valence-corrected chi connectivity index (χ1v) is 17.4. The molecule has 0 amide bonds. The van der Waals surface area contributed by atoms with E-state index in [4.69, 9.17) is 19.4 Å². The van der Waals surface area contributed by atoms with Crippen LogP contribution in [0.5, 0.6) is 0 Å². The molecule has 0 saturated carbocycles. The minimum atomic E-state index is 0.231. The van der Waals surface area contributed by atoms with E-state index in [-0.39, 0.29) is 5.92 Å². The van der Waals surface area contributed by atoms with Gasteiger partial charge in [-0.1, -0.05) is 146 Å². The van der Waals surface area contributed by atoms with Gasteiger partial charge in [-0.2, -0.15) is 0 Å². The summed E-state index contributed by atoms with van der Waals surface area (Å²) in [4.78, 5) is 15.6. The van der Waals surface area contributed by atoms with E-state index in [1.807, 2.05) is 12.1 Å². The first kappa shape index (κ1) is 29.3. The molecule has 0 spiro atoms. The fourth-order valence-electron chi connectivity index (χ4n) is 7.45. The molecule has 10 rings (SSSR count). The van der Waals surface area contributed by atoms with E-state index in [1.54, 1.807) is 0 Å². The number of fused-ring (bicyclic) bond motifs is 5. The van der Waals surface area contributed by atoms with Crippen molar-refractivity contribution in [2.24, 2.45) is 0 Å². The van der Waals surface area contributed by atoms with E-state index >= 15 is 0 Å². The van der Waals surface area contributed by atoms with Crippen molar-refractivity contribution >= 4 is 43.5 Å². The van der Waals surface area contributed by atoms with Gasteiger partial charge in [0.1, 0.15) is 11.2 Å². The fourth-order valence-corrected chi connectivity index (χ4v) is 7.45. The highest BCUT2D eigenvalue weighted by atomic mass is 16.3. The fraction of sp³-hybridized carbons (Fsp3) is 0.0426. The molecule has 2 heterocycles. The van der Waals surface area contributed by atoms with Gasteiger partial charge in [-0.05, 0) is 68.9 Å². The number of allylic oxidation sites excluding steroid dienone is 4. The SMILES string of the molecule is C1=CCC(c2cc(-c3nc(-c4ccc(-c5cccc6ccccc56)cc4)nc(-c4ccc5ccccc5c4)n3)c3c(c2)oc2ccccc23)C=C1. The summed E-state index contributed by atoms with van der Waals surface area (Å²) in [7, 11) is 0. The molecular weight excluding hydrogens is 623 g/mol. The Morgan fingerprint density at radius 3 is 2.00 bits per heavy atom. The Morgan fingerprint density at radius 2 is 1.16 bits per heavy atom. The zero-order valence-electron chi connectivity index (χ0n) is 27.7. The average molecular weight is 654 g/mol. The Balaban J connectivity index is 1.19. The molecule has 0 bridgehead atoms. The number of para-hydroxylation sites is 1. The molecule has 0 aliphatic heterocycles. The maximum atomic E-state index is 6.50. The quantitative estimate of drug-likeness (QED) is 0.185. The topological polar surface area (TPSA) is 51.8 Å². The molecule has 4 heteroatoms. The molecule has 1 unspecified atom stereocenters. The molecule has 9 aromatic rings. The van der Waals surface area contributed by atoms with Crippen molar-refractivity contribution in [1.82, 2.24) is 15.0 Å². The monoisotopic (exact) mass is 653 g/mol. The molecule has 51 heavy (non-hydrogen) atoms. The maximum Gasteiger partial charge on any atom is 0.164 e. The van der Waals surface area contributed by atoms with E-state index in [2.05, 4.69) is 158 Å². The number of hydrogen-bond acceptors (Lipinski definition) is 4. The van der Waals surface area contributed by atoms with E-state index in [0.717, 1.165) is 56.0 Å². The second-order valence-electron chi connectivity index (χ2n) is 13.2. The minimum absolute atomic E-state index is 0.231. The molecule has 0 saturated heterocycles. The number of benzene rings is 7. The van der Waals surface area contributed by atoms with Crippen LogP contribution in [-0.4, -0.2) is 15.0 Å². The maximum absolute atomic E-state index is 6.50. The van der Waals surface area contributed by atoms with Crippen LogP contribution in [0, 0.1) is 0 Å². The zero-order chi connectivity index (χ0) is 33.7. The molecule has 1 aliphatic rings. The van der Waals surface area contributed by atoms with Crippen molar-refractivity contribution in [3.8, 4) is 45.3 Å². The van der Waals surface area contributed by atoms with E-state index in [0.29, 0.717) is 17.5 Å². The average Bonchev–Trinajstić information content (AvgIpc) is 3.59. The van der Waals surface area contributed by atoms with Crippen molar-refractivity contribution < 1.29 is 4.42 Å². The van der Waals surface area contributed by atoms with Crippen LogP contribution < -0.4 is 0 Å². The predicted molar refractivity (Wildman–Crippen MR) is 209 cm³/mol. The summed E-state index contributed by atoms with van der Waals surface area (Å²) in [5.41, 5.74) is 8.00. The molecule has 7 aromatic carbocycles. The normalized spacial score (nSPS) is 14.2. The third-order valence-corrected chi connectivity index (χ3v) is 10.0. The van der Waals surface area contributed by atoms with Gasteiger partial charge in [0, 0.05) is 33.4 Å². The lowest BCUT2D eigenvalue weighted by atomic mass is 9.90. The van der Waals surface area contributed by atoms with Crippen molar-refractivity contribution in [2.45, 2.75) is 12.3 Å². The van der Waals surface area contributed by atoms with Crippen LogP contribution in [0.1, 0.15) is 17.9 Å². The van der Waals surface area contributed by atoms with Crippen LogP contribution in [0.3, 0.4) is 0 Å². The molecule has 4 nitrogen and oxygen atoms in total. The summed E-state index contributed by atoms with van der Waals surface area (Å²) in [5.74, 6) is 2.11. The van der Waals surface area contributed by atoms with Gasteiger partial charge in [-0.3, -0.25) is 0 Å². The first-order chi connectivity index (χ1) is 25.2. The van der Waals surface area contributed by atoms with Gasteiger partial charge >= 0.3 is 0 Å². The second-order valence-corrected chi connectivity index (χ2v) is 13.2. The number of nitrogens with zero attached hydrogens (tertiary/aromatic N) is 3. The third kappa shape index (κ3) is 5.20. The first-order valence-electron chi connectivity index (χ1n) is 17.4. The van der Waals surface area contributed by atoms with Crippen molar-refractivity contribution in [1.29, 1.82) is 0 Å². The number of furan rings is 1. The van der Waals surface area contributed by atoms with E-state index in [9.17, 15) is 0 Å². The summed E-state index contributed by atoms with van der Waals surface area (Å²) in [5, 5.41) is 6.82. The molecule has 1 atom stereocenters. The summed E-state index contributed by atoms with van der Waals surface area (Å²) >= 11 is 0. The number of aromatic nitrogens is 3. The minimum Gasteiger partial charge on any atom is -0.456 e. The molecule has 0 radical (unpaired) electrons. The van der Waals surface area contributed by atoms with Crippen LogP contribution in [0.4, 0.5) is 0 Å². The lowest BCUT2D eigenvalue weighted by molar-refractivity contribution is 0.667. The van der Waals surface area contributed by atoms with Crippen molar-refractivity contribution in [3.63, 3.8) is 0 Å². The Kier molecular flexibility index (Phi) is 6.91. The molecular formula is C47H31N3O. The standard InChI is InChI=1S/C47H31N3O/c1-2-11-30(12-3-1)37-28-41(44-40-18-8-9-20-42(40)51-43(44)29-37)47-49-45(48-46(50-47)36-26-21-31-13-4-5-15-35(31)27-36)34-24-22-33(23-25-34)39-19-10-16-32-14-6-7-17-38(32)39/h1-11,13-30H,12H2. The molecule has 1 aliphatic carbocycles. The van der Waals surface area contributed by atoms with Crippen LogP contribution >= 0.6 is 0 Å². The van der Waals surface area contributed by atoms with Crippen LogP contribution in [-0.2, 0) is 0 Å². The number of rotatable bonds is 5. The van der Waals surface area contributed by atoms with Crippen molar-refractivity contribution in [3.05, 3.63) is 175 Å². The highest BCUT2D eigenvalue weighted by molar-refractivity contribution is 6.12. The van der Waals surface area contributed by atoms with Crippen LogP contribution in [0.15, 0.2) is 174 Å². The molecule has 0 fully saturated rings. The number of hydrogen-bond donors (Lipinski definition) is 0. The smallest absolute Gasteiger partial charge is 0.164 e. The third-order valence-electron chi connectivity index (χ3n) is 10.0. The van der Waals surface area contributed by atoms with Gasteiger partial charge in [0.15, 0.2) is 17.5 Å². The van der Waals surface area contributed by atoms with Gasteiger partial charge in [0.05, 0.1) is 0 Å². The molecule has 240 valence electrons. The Labute approximate surface area is 295 Å². The zero-order valence-corrected chi connectivity index (χ0v) is 27.7. The van der Waals surface area contributed by atoms with Gasteiger partial charge in [0.2, 0.25) is 0 Å². The lowest BCUT2D eigenvalue weighted by Gasteiger charge is -2.16. The van der Waals surface area contributed by atoms with E-state index in [1.165, 1.54) is 27.3 Å². The largest absolute Gasteiger partial charge is 0.456 e. The Bertz CT molecular complexity index is 2840. The predicted octanol–water partition coefficient (Wildman–Crippen LogP) is 12.3. The molecule has 2 aromatic heterocycles. The highest BCUT2D eigenvalue weighted by Gasteiger charge is 2.21. The van der Waals surface area contributed by atoms with Gasteiger partial charge in [-0.15, -0.1) is 0 Å². The summed E-state index contributed by atoms with van der Waals surface area (Å²) < 4.78 is 6.50. The van der Waals surface area contributed by atoms with Crippen LogP contribution in [0.25, 0.3) is 88.8 Å². The Hall–Kier alpha value is -6.65. The summed E-state index contributed by atoms with van der Waals surface area (Å²) in [6, 6.07) is 51.0. The summed E-state index contributed by atoms with van der Waals surface area (Å²) in [6.45, 7) is 0. The second kappa shape index (κ2) is 12.0. The van der Waals surface area contributed by atoms with Gasteiger partial charge < -0.3 is 4.42 Å². The molecule has 0 N–H and O–H groups in total. The van der Waals surface area contributed by atoms with Crippen molar-refractivity contribution in [2.75, 3.05) is 0 Å². The Morgan fingerprint density at radius 1 is 0.471 bits per heavy atom. The highest BCUT2D eigenvalue weighted by Crippen LogP contribution is 2.40. The van der Waals surface area contributed by atoms with Gasteiger partial charge in [0.25, 0.3) is 0 Å². The summed E-state index contributed by atoms with van der Waals surface area (Å²) in [6.07, 6.45) is 9.63. The van der Waals surface area contributed by atoms with Gasteiger partial charge in [-0.25, -0.2) is 15.0 Å². The van der Waals surface area contributed by atoms with Crippen LogP contribution in [0.2, 0.25) is 0 Å². The lowest BCUT2D eigenvalue weighted by Crippen LogP contribution is -2.02.